The van der Waals surface area contributed by atoms with Crippen LogP contribution in [0.4, 0.5) is 0 Å². The first-order valence-electron chi connectivity index (χ1n) is 6.79. The Bertz CT molecular complexity index is 767. The van der Waals surface area contributed by atoms with Crippen molar-refractivity contribution in [3.63, 3.8) is 0 Å². The van der Waals surface area contributed by atoms with E-state index in [0.29, 0.717) is 23.1 Å². The Balaban J connectivity index is 2.07. The quantitative estimate of drug-likeness (QED) is 0.800. The maximum Gasteiger partial charge on any atom is 0.241 e. The highest BCUT2D eigenvalue weighted by molar-refractivity contribution is 6.32. The zero-order chi connectivity index (χ0) is 14.8. The lowest BCUT2D eigenvalue weighted by atomic mass is 10.2. The van der Waals surface area contributed by atoms with Crippen molar-refractivity contribution in [2.45, 2.75) is 19.4 Å². The molecular formula is C16H16ClN3O. The molecule has 0 aliphatic rings. The van der Waals surface area contributed by atoms with E-state index >= 15 is 0 Å². The molecule has 0 spiro atoms. The number of nitrogens with two attached hydrogens (primary N) is 1. The molecule has 1 aromatic carbocycles. The monoisotopic (exact) mass is 301 g/mol. The van der Waals surface area contributed by atoms with E-state index in [1.807, 2.05) is 53.9 Å². The standard InChI is InChI=1S/C16H16ClN3O/c1-11(18)10-13-16(19-15-8-4-5-9-20(13)15)21-14-7-3-2-6-12(14)17/h2-9,11H,10,18H2,1H3. The van der Waals surface area contributed by atoms with Gasteiger partial charge >= 0.3 is 0 Å². The number of halogens is 1. The smallest absolute Gasteiger partial charge is 0.241 e. The molecule has 0 amide bonds. The highest BCUT2D eigenvalue weighted by atomic mass is 35.5. The predicted molar refractivity (Wildman–Crippen MR) is 84.1 cm³/mol. The number of aromatic nitrogens is 2. The lowest BCUT2D eigenvalue weighted by molar-refractivity contribution is 0.457. The minimum atomic E-state index is 0.0127. The van der Waals surface area contributed by atoms with Gasteiger partial charge in [-0.1, -0.05) is 29.8 Å². The second kappa shape index (κ2) is 5.76. The van der Waals surface area contributed by atoms with Gasteiger partial charge in [-0.2, -0.15) is 4.98 Å². The van der Waals surface area contributed by atoms with Crippen LogP contribution in [0.2, 0.25) is 5.02 Å². The van der Waals surface area contributed by atoms with Crippen molar-refractivity contribution >= 4 is 17.2 Å². The van der Waals surface area contributed by atoms with Crippen LogP contribution < -0.4 is 10.5 Å². The van der Waals surface area contributed by atoms with E-state index in [2.05, 4.69) is 4.98 Å². The highest BCUT2D eigenvalue weighted by Gasteiger charge is 2.16. The van der Waals surface area contributed by atoms with Crippen LogP contribution in [-0.2, 0) is 6.42 Å². The second-order valence-electron chi connectivity index (χ2n) is 5.01. The molecule has 1 unspecified atom stereocenters. The first-order valence-corrected chi connectivity index (χ1v) is 7.17. The molecule has 0 radical (unpaired) electrons. The van der Waals surface area contributed by atoms with Crippen molar-refractivity contribution in [3.05, 3.63) is 59.4 Å². The molecule has 3 aromatic rings. The Morgan fingerprint density at radius 3 is 2.76 bits per heavy atom. The van der Waals surface area contributed by atoms with Crippen LogP contribution in [-0.4, -0.2) is 15.4 Å². The van der Waals surface area contributed by atoms with Gasteiger partial charge in [0.05, 0.1) is 10.7 Å². The number of rotatable bonds is 4. The number of benzene rings is 1. The molecule has 0 fully saturated rings. The fraction of sp³-hybridized carbons (Fsp3) is 0.188. The van der Waals surface area contributed by atoms with Crippen LogP contribution in [0.15, 0.2) is 48.7 Å². The molecule has 0 aliphatic carbocycles. The zero-order valence-corrected chi connectivity index (χ0v) is 12.4. The van der Waals surface area contributed by atoms with E-state index in [0.717, 1.165) is 11.3 Å². The summed E-state index contributed by atoms with van der Waals surface area (Å²) in [4.78, 5) is 4.53. The van der Waals surface area contributed by atoms with E-state index < -0.39 is 0 Å². The van der Waals surface area contributed by atoms with Gasteiger partial charge in [-0.15, -0.1) is 0 Å². The normalized spacial score (nSPS) is 12.5. The van der Waals surface area contributed by atoms with Crippen LogP contribution in [0.5, 0.6) is 11.6 Å². The Labute approximate surface area is 128 Å². The number of para-hydroxylation sites is 1. The average Bonchev–Trinajstić information content (AvgIpc) is 2.79. The van der Waals surface area contributed by atoms with E-state index in [1.54, 1.807) is 6.07 Å². The summed E-state index contributed by atoms with van der Waals surface area (Å²) in [6, 6.07) is 13.2. The summed E-state index contributed by atoms with van der Waals surface area (Å²) >= 11 is 6.15. The molecule has 0 bridgehead atoms. The van der Waals surface area contributed by atoms with Crippen molar-refractivity contribution in [1.82, 2.24) is 9.38 Å². The number of pyridine rings is 1. The Morgan fingerprint density at radius 1 is 1.24 bits per heavy atom. The van der Waals surface area contributed by atoms with Crippen LogP contribution in [0, 0.1) is 0 Å². The average molecular weight is 302 g/mol. The van der Waals surface area contributed by atoms with Crippen LogP contribution in [0.3, 0.4) is 0 Å². The van der Waals surface area contributed by atoms with Gasteiger partial charge in [0.1, 0.15) is 11.4 Å². The Kier molecular flexibility index (Phi) is 3.82. The lowest BCUT2D eigenvalue weighted by Crippen LogP contribution is -2.19. The summed E-state index contributed by atoms with van der Waals surface area (Å²) in [6.45, 7) is 1.96. The van der Waals surface area contributed by atoms with Crippen LogP contribution >= 0.6 is 11.6 Å². The maximum atomic E-state index is 6.15. The summed E-state index contributed by atoms with van der Waals surface area (Å²) in [6.07, 6.45) is 2.63. The van der Waals surface area contributed by atoms with Gasteiger partial charge in [-0.25, -0.2) is 0 Å². The molecule has 108 valence electrons. The first-order chi connectivity index (χ1) is 10.1. The molecule has 3 rings (SSSR count). The SMILES string of the molecule is CC(N)Cc1c(Oc2ccccc2Cl)nc2ccccn12. The number of fused-ring (bicyclic) bond motifs is 1. The molecule has 5 heteroatoms. The molecular weight excluding hydrogens is 286 g/mol. The minimum Gasteiger partial charge on any atom is -0.436 e. The first kappa shape index (κ1) is 13.9. The van der Waals surface area contributed by atoms with Crippen molar-refractivity contribution < 1.29 is 4.74 Å². The Hall–Kier alpha value is -2.04. The fourth-order valence-corrected chi connectivity index (χ4v) is 2.40. The van der Waals surface area contributed by atoms with Crippen LogP contribution in [0.1, 0.15) is 12.6 Å². The molecule has 2 aromatic heterocycles. The maximum absolute atomic E-state index is 6.15. The van der Waals surface area contributed by atoms with Crippen molar-refractivity contribution in [2.24, 2.45) is 5.73 Å². The number of ether oxygens (including phenoxy) is 1. The molecule has 4 nitrogen and oxygen atoms in total. The summed E-state index contributed by atoms with van der Waals surface area (Å²) in [5.41, 5.74) is 7.72. The summed E-state index contributed by atoms with van der Waals surface area (Å²) in [5, 5.41) is 0.557. The molecule has 0 saturated carbocycles. The molecule has 0 saturated heterocycles. The summed E-state index contributed by atoms with van der Waals surface area (Å²) in [7, 11) is 0. The van der Waals surface area contributed by atoms with Gasteiger partial charge in [-0.05, 0) is 31.2 Å². The fourth-order valence-electron chi connectivity index (χ4n) is 2.23. The number of hydrogen-bond donors (Lipinski definition) is 1. The van der Waals surface area contributed by atoms with Crippen molar-refractivity contribution in [3.8, 4) is 11.6 Å². The third-order valence-electron chi connectivity index (χ3n) is 3.15. The second-order valence-corrected chi connectivity index (χ2v) is 5.41. The summed E-state index contributed by atoms with van der Waals surface area (Å²) in [5.74, 6) is 1.14. The third-order valence-corrected chi connectivity index (χ3v) is 3.46. The van der Waals surface area contributed by atoms with Crippen molar-refractivity contribution in [2.75, 3.05) is 0 Å². The molecule has 2 N–H and O–H groups in total. The third kappa shape index (κ3) is 2.86. The Morgan fingerprint density at radius 2 is 2.00 bits per heavy atom. The zero-order valence-electron chi connectivity index (χ0n) is 11.7. The largest absolute Gasteiger partial charge is 0.436 e. The van der Waals surface area contributed by atoms with Gasteiger partial charge in [0.25, 0.3) is 0 Å². The van der Waals surface area contributed by atoms with E-state index in [9.17, 15) is 0 Å². The predicted octanol–water partition coefficient (Wildman–Crippen LogP) is 3.67. The number of nitrogens with zero attached hydrogens (tertiary/aromatic N) is 2. The minimum absolute atomic E-state index is 0.0127. The van der Waals surface area contributed by atoms with Gasteiger partial charge in [0.2, 0.25) is 5.88 Å². The summed E-state index contributed by atoms with van der Waals surface area (Å²) < 4.78 is 7.90. The van der Waals surface area contributed by atoms with Gasteiger partial charge < -0.3 is 14.9 Å². The van der Waals surface area contributed by atoms with Gasteiger partial charge in [-0.3, -0.25) is 0 Å². The molecule has 21 heavy (non-hydrogen) atoms. The lowest BCUT2D eigenvalue weighted by Gasteiger charge is -2.09. The van der Waals surface area contributed by atoms with Crippen LogP contribution in [0.25, 0.3) is 5.65 Å². The van der Waals surface area contributed by atoms with E-state index in [-0.39, 0.29) is 6.04 Å². The number of hydrogen-bond acceptors (Lipinski definition) is 3. The molecule has 0 aliphatic heterocycles. The molecule has 1 atom stereocenters. The molecule has 2 heterocycles. The highest BCUT2D eigenvalue weighted by Crippen LogP contribution is 2.31. The van der Waals surface area contributed by atoms with E-state index in [1.165, 1.54) is 0 Å². The van der Waals surface area contributed by atoms with Gasteiger partial charge in [0, 0.05) is 18.7 Å². The number of imidazole rings is 1. The van der Waals surface area contributed by atoms with Crippen molar-refractivity contribution in [1.29, 1.82) is 0 Å². The topological polar surface area (TPSA) is 52.5 Å². The van der Waals surface area contributed by atoms with E-state index in [4.69, 9.17) is 22.1 Å². The van der Waals surface area contributed by atoms with Gasteiger partial charge in [0.15, 0.2) is 0 Å².